The van der Waals surface area contributed by atoms with Crippen LogP contribution in [0, 0.1) is 5.92 Å². The van der Waals surface area contributed by atoms with Crippen molar-refractivity contribution in [2.24, 2.45) is 11.7 Å². The Balaban J connectivity index is 1.89. The van der Waals surface area contributed by atoms with E-state index in [1.165, 1.54) is 14.2 Å². The van der Waals surface area contributed by atoms with Crippen LogP contribution in [0.4, 0.5) is 4.79 Å². The number of ether oxygens (including phenoxy) is 3. The highest BCUT2D eigenvalue weighted by molar-refractivity contribution is 8.07. The number of benzene rings is 1. The van der Waals surface area contributed by atoms with Crippen molar-refractivity contribution in [3.05, 3.63) is 35.9 Å². The lowest BCUT2D eigenvalue weighted by Gasteiger charge is -2.27. The normalized spacial score (nSPS) is 27.7. The molecule has 1 saturated carbocycles. The number of carbonyl (C=O) groups is 1. The van der Waals surface area contributed by atoms with Gasteiger partial charge in [0, 0.05) is 26.2 Å². The Kier molecular flexibility index (Phi) is 7.97. The molecular formula is C16H24NO7PS. The monoisotopic (exact) mass is 405 g/mol. The Hall–Kier alpha value is -1.06. The molecule has 26 heavy (non-hydrogen) atoms. The lowest BCUT2D eigenvalue weighted by molar-refractivity contribution is -0.0238. The molecule has 146 valence electrons. The van der Waals surface area contributed by atoms with E-state index in [4.69, 9.17) is 40.8 Å². The number of hydrogen-bond acceptors (Lipinski definition) is 8. The maximum atomic E-state index is 11.8. The molecule has 3 N–H and O–H groups in total. The minimum absolute atomic E-state index is 0.00486. The van der Waals surface area contributed by atoms with Crippen molar-refractivity contribution in [1.82, 2.24) is 0 Å². The zero-order valence-corrected chi connectivity index (χ0v) is 16.4. The van der Waals surface area contributed by atoms with Crippen molar-refractivity contribution >= 4 is 24.7 Å². The second-order valence-electron chi connectivity index (χ2n) is 5.92. The molecule has 10 heteroatoms. The highest BCUT2D eigenvalue weighted by Gasteiger charge is 2.45. The molecule has 1 fully saturated rings. The molecule has 2 unspecified atom stereocenters. The standard InChI is InChI=1S/C16H24NO7PS/c1-20-15-13(17)8-12(14(15)24-25(19,26)21-2)10-23-16(18)22-9-11-6-4-3-5-7-11/h3-7,12-15H,8-10,17H2,1-2H3,(H,19,26)/t12-,13+,14+,15?,25?/m1/s1. The largest absolute Gasteiger partial charge is 0.508 e. The summed E-state index contributed by atoms with van der Waals surface area (Å²) in [7, 11) is 2.76. The quantitative estimate of drug-likeness (QED) is 0.495. The van der Waals surface area contributed by atoms with E-state index >= 15 is 0 Å². The van der Waals surface area contributed by atoms with Crippen molar-refractivity contribution in [2.75, 3.05) is 20.8 Å². The molecule has 0 saturated heterocycles. The van der Waals surface area contributed by atoms with Crippen LogP contribution >= 0.6 is 6.72 Å². The van der Waals surface area contributed by atoms with Crippen LogP contribution in [0.2, 0.25) is 0 Å². The summed E-state index contributed by atoms with van der Waals surface area (Å²) in [6.45, 7) is -3.29. The fraction of sp³-hybridized carbons (Fsp3) is 0.562. The lowest BCUT2D eigenvalue weighted by Crippen LogP contribution is -2.39. The van der Waals surface area contributed by atoms with Crippen LogP contribution in [0.3, 0.4) is 0 Å². The first-order chi connectivity index (χ1) is 12.4. The van der Waals surface area contributed by atoms with E-state index in [9.17, 15) is 9.69 Å². The molecule has 0 amide bonds. The summed E-state index contributed by atoms with van der Waals surface area (Å²) in [5.41, 5.74) is 6.91. The van der Waals surface area contributed by atoms with Gasteiger partial charge in [-0.2, -0.15) is 0 Å². The summed E-state index contributed by atoms with van der Waals surface area (Å²) in [5, 5.41) is 0. The molecule has 1 aliphatic rings. The molecule has 1 aromatic carbocycles. The second-order valence-corrected chi connectivity index (χ2v) is 8.81. The van der Waals surface area contributed by atoms with Crippen molar-refractivity contribution in [2.45, 2.75) is 31.3 Å². The van der Waals surface area contributed by atoms with Gasteiger partial charge in [-0.25, -0.2) is 4.79 Å². The molecule has 1 aromatic rings. The lowest BCUT2D eigenvalue weighted by atomic mass is 10.1. The molecule has 0 aliphatic heterocycles. The molecular weight excluding hydrogens is 381 g/mol. The minimum Gasteiger partial charge on any atom is -0.434 e. The fourth-order valence-electron chi connectivity index (χ4n) is 2.88. The molecule has 2 rings (SSSR count). The third-order valence-corrected chi connectivity index (χ3v) is 5.83. The maximum Gasteiger partial charge on any atom is 0.508 e. The van der Waals surface area contributed by atoms with E-state index in [0.29, 0.717) is 6.42 Å². The number of hydrogen-bond donors (Lipinski definition) is 2. The van der Waals surface area contributed by atoms with Crippen LogP contribution in [0.1, 0.15) is 12.0 Å². The average molecular weight is 405 g/mol. The first-order valence-corrected chi connectivity index (χ1v) is 10.6. The van der Waals surface area contributed by atoms with Crippen LogP contribution < -0.4 is 5.73 Å². The summed E-state index contributed by atoms with van der Waals surface area (Å²) in [5.74, 6) is -0.302. The van der Waals surface area contributed by atoms with Gasteiger partial charge in [-0.05, 0) is 23.8 Å². The van der Waals surface area contributed by atoms with Gasteiger partial charge < -0.3 is 33.9 Å². The molecule has 0 bridgehead atoms. The van der Waals surface area contributed by atoms with Gasteiger partial charge in [-0.15, -0.1) is 0 Å². The van der Waals surface area contributed by atoms with Gasteiger partial charge in [0.1, 0.15) is 19.3 Å². The molecule has 1 aliphatic carbocycles. The highest BCUT2D eigenvalue weighted by Crippen LogP contribution is 2.48. The van der Waals surface area contributed by atoms with Crippen molar-refractivity contribution in [3.63, 3.8) is 0 Å². The van der Waals surface area contributed by atoms with Crippen LogP contribution in [0.25, 0.3) is 0 Å². The highest BCUT2D eigenvalue weighted by atomic mass is 32.5. The SMILES string of the molecule is COC1[C@@H](OP(O)(=S)OC)[C@@H](COC(=O)OCc2ccccc2)C[C@@H]1N. The molecule has 0 aromatic heterocycles. The van der Waals surface area contributed by atoms with Crippen LogP contribution in [-0.2, 0) is 41.7 Å². The van der Waals surface area contributed by atoms with Gasteiger partial charge in [0.2, 0.25) is 0 Å². The van der Waals surface area contributed by atoms with Gasteiger partial charge in [-0.1, -0.05) is 30.3 Å². The van der Waals surface area contributed by atoms with Gasteiger partial charge in [0.25, 0.3) is 0 Å². The van der Waals surface area contributed by atoms with Crippen LogP contribution in [-0.4, -0.2) is 50.1 Å². The molecule has 0 spiro atoms. The number of rotatable bonds is 8. The summed E-state index contributed by atoms with van der Waals surface area (Å²) in [4.78, 5) is 21.8. The van der Waals surface area contributed by atoms with Crippen molar-refractivity contribution in [1.29, 1.82) is 0 Å². The Morgan fingerprint density at radius 1 is 1.27 bits per heavy atom. The van der Waals surface area contributed by atoms with Gasteiger partial charge in [-0.3, -0.25) is 0 Å². The Bertz CT molecular complexity index is 632. The molecule has 0 radical (unpaired) electrons. The van der Waals surface area contributed by atoms with E-state index in [2.05, 4.69) is 0 Å². The van der Waals surface area contributed by atoms with E-state index in [-0.39, 0.29) is 25.2 Å². The second kappa shape index (κ2) is 9.75. The van der Waals surface area contributed by atoms with Crippen molar-refractivity contribution < 1.29 is 32.9 Å². The van der Waals surface area contributed by atoms with E-state index in [1.54, 1.807) is 0 Å². The van der Waals surface area contributed by atoms with Gasteiger partial charge in [0.15, 0.2) is 0 Å². The van der Waals surface area contributed by atoms with Crippen LogP contribution in [0.15, 0.2) is 30.3 Å². The Morgan fingerprint density at radius 3 is 2.58 bits per heavy atom. The zero-order valence-electron chi connectivity index (χ0n) is 14.6. The summed E-state index contributed by atoms with van der Waals surface area (Å²) in [6.07, 6.45) is -1.45. The zero-order chi connectivity index (χ0) is 19.2. The van der Waals surface area contributed by atoms with E-state index < -0.39 is 25.1 Å². The molecule has 8 nitrogen and oxygen atoms in total. The first kappa shape index (κ1) is 21.2. The minimum atomic E-state index is -3.41. The fourth-order valence-corrected chi connectivity index (χ4v) is 3.86. The smallest absolute Gasteiger partial charge is 0.434 e. The Morgan fingerprint density at radius 2 is 1.96 bits per heavy atom. The molecule has 5 atom stereocenters. The predicted molar refractivity (Wildman–Crippen MR) is 97.8 cm³/mol. The predicted octanol–water partition coefficient (Wildman–Crippen LogP) is 1.95. The Labute approximate surface area is 157 Å². The topological polar surface area (TPSA) is 109 Å². The van der Waals surface area contributed by atoms with Gasteiger partial charge in [0.05, 0.1) is 6.10 Å². The summed E-state index contributed by atoms with van der Waals surface area (Å²) < 4.78 is 25.9. The number of methoxy groups -OCH3 is 1. The summed E-state index contributed by atoms with van der Waals surface area (Å²) in [6, 6.07) is 8.92. The van der Waals surface area contributed by atoms with Crippen molar-refractivity contribution in [3.8, 4) is 0 Å². The van der Waals surface area contributed by atoms with Crippen LogP contribution in [0.5, 0.6) is 0 Å². The maximum absolute atomic E-state index is 11.8. The first-order valence-electron chi connectivity index (χ1n) is 8.05. The molecule has 0 heterocycles. The van der Waals surface area contributed by atoms with E-state index in [0.717, 1.165) is 5.56 Å². The van der Waals surface area contributed by atoms with E-state index in [1.807, 2.05) is 30.3 Å². The van der Waals surface area contributed by atoms with Gasteiger partial charge >= 0.3 is 12.9 Å². The third-order valence-electron chi connectivity index (χ3n) is 4.16. The third kappa shape index (κ3) is 5.99. The number of carbonyl (C=O) groups excluding carboxylic acids is 1. The summed E-state index contributed by atoms with van der Waals surface area (Å²) >= 11 is 4.90. The average Bonchev–Trinajstić information content (AvgIpc) is 2.93. The number of nitrogens with two attached hydrogens (primary N) is 1.